The first-order chi connectivity index (χ1) is 20.7. The molecule has 0 amide bonds. The average Bonchev–Trinajstić information content (AvgIpc) is 3.50. The van der Waals surface area contributed by atoms with Gasteiger partial charge in [-0.3, -0.25) is 0 Å². The fourth-order valence-corrected chi connectivity index (χ4v) is 6.86. The third kappa shape index (κ3) is 21.8. The second kappa shape index (κ2) is 30.2. The van der Waals surface area contributed by atoms with Crippen molar-refractivity contribution in [3.63, 3.8) is 0 Å². The minimum atomic E-state index is 0.599. The monoisotopic (exact) mass is 588 g/mol. The van der Waals surface area contributed by atoms with Crippen LogP contribution in [0.25, 0.3) is 0 Å². The summed E-state index contributed by atoms with van der Waals surface area (Å²) in [5.74, 6) is 2.22. The summed E-state index contributed by atoms with van der Waals surface area (Å²) in [6.07, 6.45) is 49.0. The van der Waals surface area contributed by atoms with E-state index in [0.717, 1.165) is 0 Å². The Balaban J connectivity index is 2.17. The lowest BCUT2D eigenvalue weighted by molar-refractivity contribution is -0.726. The smallest absolute Gasteiger partial charge is 0.247 e. The molecule has 1 aromatic heterocycles. The van der Waals surface area contributed by atoms with E-state index >= 15 is 0 Å². The van der Waals surface area contributed by atoms with Gasteiger partial charge in [0.1, 0.15) is 12.4 Å². The van der Waals surface area contributed by atoms with Crippen LogP contribution in [-0.4, -0.2) is 4.98 Å². The van der Waals surface area contributed by atoms with Crippen molar-refractivity contribution >= 4 is 0 Å². The number of nitrogens with one attached hydrogen (secondary N) is 1. The number of hydrogen-bond donors (Lipinski definition) is 1. The fourth-order valence-electron chi connectivity index (χ4n) is 6.86. The topological polar surface area (TPSA) is 19.7 Å². The first-order valence-corrected chi connectivity index (χ1v) is 19.8. The molecule has 1 atom stereocenters. The number of imidazole rings is 1. The molecule has 1 rings (SSSR count). The summed E-state index contributed by atoms with van der Waals surface area (Å²) in [4.78, 5) is 3.68. The third-order valence-electron chi connectivity index (χ3n) is 10.0. The van der Waals surface area contributed by atoms with E-state index in [9.17, 15) is 0 Å². The van der Waals surface area contributed by atoms with Crippen LogP contribution < -0.4 is 4.57 Å². The van der Waals surface area contributed by atoms with E-state index in [1.54, 1.807) is 0 Å². The Morgan fingerprint density at radius 3 is 1.10 bits per heavy atom. The van der Waals surface area contributed by atoms with Crippen molar-refractivity contribution in [1.29, 1.82) is 0 Å². The highest BCUT2D eigenvalue weighted by molar-refractivity contribution is 4.90. The van der Waals surface area contributed by atoms with Crippen LogP contribution in [0.1, 0.15) is 245 Å². The average molecular weight is 588 g/mol. The fraction of sp³-hybridized carbons (Fsp3) is 0.925. The summed E-state index contributed by atoms with van der Waals surface area (Å²) < 4.78 is 2.55. The molecule has 0 saturated carbocycles. The van der Waals surface area contributed by atoms with Gasteiger partial charge in [-0.05, 0) is 26.2 Å². The van der Waals surface area contributed by atoms with Gasteiger partial charge in [-0.1, -0.05) is 201 Å². The second-order valence-corrected chi connectivity index (χ2v) is 14.0. The maximum absolute atomic E-state index is 3.68. The van der Waals surface area contributed by atoms with Crippen LogP contribution >= 0.6 is 0 Å². The summed E-state index contributed by atoms with van der Waals surface area (Å²) in [6.45, 7) is 9.33. The lowest BCUT2D eigenvalue weighted by Crippen LogP contribution is -2.40. The van der Waals surface area contributed by atoms with Crippen molar-refractivity contribution in [2.75, 3.05) is 0 Å². The van der Waals surface area contributed by atoms with Gasteiger partial charge in [0.05, 0.1) is 12.0 Å². The van der Waals surface area contributed by atoms with E-state index < -0.39 is 0 Å². The van der Waals surface area contributed by atoms with Crippen LogP contribution in [0.4, 0.5) is 0 Å². The van der Waals surface area contributed by atoms with Crippen LogP contribution in [-0.2, 0) is 0 Å². The zero-order valence-electron chi connectivity index (χ0n) is 29.7. The molecule has 0 aromatic carbocycles. The van der Waals surface area contributed by atoms with E-state index in [2.05, 4.69) is 49.6 Å². The highest BCUT2D eigenvalue weighted by Gasteiger charge is 2.24. The number of unbranched alkanes of at least 4 members (excludes halogenated alkanes) is 26. The Labute approximate surface area is 266 Å². The molecular formula is C40H79N2+. The van der Waals surface area contributed by atoms with Gasteiger partial charge in [-0.25, -0.2) is 9.55 Å². The molecule has 0 spiro atoms. The zero-order chi connectivity index (χ0) is 30.4. The highest BCUT2D eigenvalue weighted by atomic mass is 15.1. The summed E-state index contributed by atoms with van der Waals surface area (Å²) in [5.41, 5.74) is 0. The Kier molecular flexibility index (Phi) is 28.3. The van der Waals surface area contributed by atoms with Crippen molar-refractivity contribution < 1.29 is 4.57 Å². The Bertz CT molecular complexity index is 618. The number of rotatable bonds is 33. The molecule has 0 radical (unpaired) electrons. The van der Waals surface area contributed by atoms with Crippen LogP contribution in [0.3, 0.4) is 0 Å². The largest absolute Gasteiger partial charge is 0.257 e. The molecule has 0 bridgehead atoms. The molecule has 1 heterocycles. The predicted molar refractivity (Wildman–Crippen MR) is 189 cm³/mol. The van der Waals surface area contributed by atoms with Gasteiger partial charge in [-0.15, -0.1) is 0 Å². The molecule has 1 aromatic rings. The van der Waals surface area contributed by atoms with E-state index in [4.69, 9.17) is 0 Å². The van der Waals surface area contributed by atoms with Gasteiger partial charge >= 0.3 is 0 Å². The van der Waals surface area contributed by atoms with Crippen molar-refractivity contribution in [3.05, 3.63) is 18.2 Å². The van der Waals surface area contributed by atoms with Crippen LogP contribution in [0.15, 0.2) is 12.4 Å². The van der Waals surface area contributed by atoms with Gasteiger partial charge in [0.15, 0.2) is 0 Å². The van der Waals surface area contributed by atoms with Gasteiger partial charge in [0, 0.05) is 0 Å². The first-order valence-electron chi connectivity index (χ1n) is 19.8. The maximum atomic E-state index is 3.68. The number of aromatic amines is 1. The Morgan fingerprint density at radius 1 is 0.476 bits per heavy atom. The van der Waals surface area contributed by atoms with E-state index in [1.807, 2.05) is 0 Å². The quantitative estimate of drug-likeness (QED) is 0.0623. The van der Waals surface area contributed by atoms with Crippen LogP contribution in [0.5, 0.6) is 0 Å². The van der Waals surface area contributed by atoms with Crippen LogP contribution in [0.2, 0.25) is 0 Å². The van der Waals surface area contributed by atoms with Crippen molar-refractivity contribution in [1.82, 2.24) is 4.98 Å². The molecule has 2 heteroatoms. The normalized spacial score (nSPS) is 12.5. The molecule has 42 heavy (non-hydrogen) atoms. The maximum Gasteiger partial charge on any atom is 0.257 e. The Hall–Kier alpha value is -0.790. The molecule has 0 aliphatic carbocycles. The van der Waals surface area contributed by atoms with E-state index in [-0.39, 0.29) is 0 Å². The Morgan fingerprint density at radius 2 is 0.786 bits per heavy atom. The lowest BCUT2D eigenvalue weighted by atomic mass is 9.93. The zero-order valence-corrected chi connectivity index (χ0v) is 29.7. The molecule has 0 saturated heterocycles. The third-order valence-corrected chi connectivity index (χ3v) is 10.0. The van der Waals surface area contributed by atoms with Crippen LogP contribution in [0, 0.1) is 0 Å². The molecule has 248 valence electrons. The predicted octanol–water partition coefficient (Wildman–Crippen LogP) is 14.1. The van der Waals surface area contributed by atoms with Gasteiger partial charge < -0.3 is 0 Å². The number of H-pyrrole nitrogens is 1. The lowest BCUT2D eigenvalue weighted by Gasteiger charge is -2.16. The second-order valence-electron chi connectivity index (χ2n) is 14.0. The summed E-state index contributed by atoms with van der Waals surface area (Å²) in [6, 6.07) is 0.599. The minimum Gasteiger partial charge on any atom is -0.247 e. The summed E-state index contributed by atoms with van der Waals surface area (Å²) in [5, 5.41) is 0. The van der Waals surface area contributed by atoms with Gasteiger partial charge in [0.25, 0.3) is 5.82 Å². The SMILES string of the molecule is CCCCCCCCCCCCCCCCC(CCCCCCCCCCCCCCCC)c1[nH]cc[n+]1C(C)CC. The number of hydrogen-bond acceptors (Lipinski definition) is 0. The molecular weight excluding hydrogens is 508 g/mol. The number of aromatic nitrogens is 2. The molecule has 1 unspecified atom stereocenters. The van der Waals surface area contributed by atoms with Crippen molar-refractivity contribution in [2.45, 2.75) is 239 Å². The van der Waals surface area contributed by atoms with E-state index in [0.29, 0.717) is 12.0 Å². The standard InChI is InChI=1S/C40H78N2/c1-5-8-10-12-14-16-18-20-22-24-26-28-30-32-34-39(40-41-36-37-42(40)38(4)7-3)35-33-31-29-27-25-23-21-19-17-15-13-11-9-6-2/h36-39H,5-35H2,1-4H3/p+1. The van der Waals surface area contributed by atoms with Crippen molar-refractivity contribution in [2.24, 2.45) is 0 Å². The molecule has 1 N–H and O–H groups in total. The minimum absolute atomic E-state index is 0.599. The van der Waals surface area contributed by atoms with Gasteiger partial charge in [-0.2, -0.15) is 0 Å². The first kappa shape index (κ1) is 39.2. The molecule has 0 fully saturated rings. The highest BCUT2D eigenvalue weighted by Crippen LogP contribution is 2.27. The molecule has 2 nitrogen and oxygen atoms in total. The van der Waals surface area contributed by atoms with Crippen molar-refractivity contribution in [3.8, 4) is 0 Å². The molecule has 0 aliphatic rings. The van der Waals surface area contributed by atoms with E-state index in [1.165, 1.54) is 205 Å². The molecule has 0 aliphatic heterocycles. The summed E-state index contributed by atoms with van der Waals surface area (Å²) >= 11 is 0. The number of nitrogens with zero attached hydrogens (tertiary/aromatic N) is 1. The van der Waals surface area contributed by atoms with Gasteiger partial charge in [0.2, 0.25) is 0 Å². The summed E-state index contributed by atoms with van der Waals surface area (Å²) in [7, 11) is 0.